The fourth-order valence-electron chi connectivity index (χ4n) is 3.05. The molecule has 0 aromatic heterocycles. The molecule has 0 radical (unpaired) electrons. The first-order valence-electron chi connectivity index (χ1n) is 8.78. The van der Waals surface area contributed by atoms with Crippen LogP contribution in [-0.2, 0) is 14.8 Å². The molecule has 0 aliphatic carbocycles. The number of rotatable bonds is 4. The van der Waals surface area contributed by atoms with Gasteiger partial charge in [-0.05, 0) is 50.2 Å². The third-order valence-electron chi connectivity index (χ3n) is 4.32. The van der Waals surface area contributed by atoms with Crippen LogP contribution in [0.4, 0.5) is 0 Å². The molecule has 0 bridgehead atoms. The minimum absolute atomic E-state index is 0.0998. The van der Waals surface area contributed by atoms with Crippen LogP contribution < -0.4 is 4.74 Å². The number of morpholine rings is 1. The van der Waals surface area contributed by atoms with E-state index in [0.29, 0.717) is 0 Å². The second-order valence-electron chi connectivity index (χ2n) is 6.60. The first-order chi connectivity index (χ1) is 13.3. The van der Waals surface area contributed by atoms with Gasteiger partial charge in [-0.2, -0.15) is 9.57 Å². The number of ether oxygens (including phenoxy) is 2. The number of carbonyl (C=O) groups is 1. The van der Waals surface area contributed by atoms with Crippen molar-refractivity contribution in [3.05, 3.63) is 59.7 Å². The zero-order chi connectivity index (χ0) is 20.3. The Morgan fingerprint density at radius 2 is 1.71 bits per heavy atom. The van der Waals surface area contributed by atoms with Crippen molar-refractivity contribution >= 4 is 16.0 Å². The largest absolute Gasteiger partial charge is 0.422 e. The highest BCUT2D eigenvalue weighted by molar-refractivity contribution is 7.89. The molecule has 3 rings (SSSR count). The van der Waals surface area contributed by atoms with Crippen LogP contribution in [0.2, 0.25) is 0 Å². The fraction of sp³-hybridized carbons (Fsp3) is 0.300. The third-order valence-corrected chi connectivity index (χ3v) is 6.17. The second-order valence-corrected chi connectivity index (χ2v) is 8.54. The van der Waals surface area contributed by atoms with Gasteiger partial charge in [0, 0.05) is 13.1 Å². The van der Waals surface area contributed by atoms with E-state index in [-0.39, 0.29) is 47.1 Å². The normalized spacial score (nSPS) is 20.3. The molecule has 1 aliphatic rings. The van der Waals surface area contributed by atoms with E-state index < -0.39 is 16.0 Å². The molecule has 2 aromatic carbocycles. The maximum Gasteiger partial charge on any atom is 0.343 e. The smallest absolute Gasteiger partial charge is 0.343 e. The summed E-state index contributed by atoms with van der Waals surface area (Å²) in [4.78, 5) is 12.4. The van der Waals surface area contributed by atoms with Gasteiger partial charge in [-0.3, -0.25) is 0 Å². The lowest BCUT2D eigenvalue weighted by molar-refractivity contribution is -0.0440. The first kappa shape index (κ1) is 20.0. The molecule has 8 heteroatoms. The highest BCUT2D eigenvalue weighted by Gasteiger charge is 2.32. The Kier molecular flexibility index (Phi) is 5.79. The van der Waals surface area contributed by atoms with Crippen molar-refractivity contribution in [3.8, 4) is 11.8 Å². The molecule has 0 unspecified atom stereocenters. The molecule has 7 nitrogen and oxygen atoms in total. The van der Waals surface area contributed by atoms with Crippen LogP contribution in [-0.4, -0.2) is 44.0 Å². The molecule has 2 atom stereocenters. The summed E-state index contributed by atoms with van der Waals surface area (Å²) in [5.41, 5.74) is 0.431. The van der Waals surface area contributed by atoms with Crippen LogP contribution in [0.5, 0.6) is 5.75 Å². The van der Waals surface area contributed by atoms with E-state index in [1.54, 1.807) is 18.2 Å². The summed E-state index contributed by atoms with van der Waals surface area (Å²) in [6.45, 7) is 4.22. The number of nitriles is 1. The summed E-state index contributed by atoms with van der Waals surface area (Å²) in [5, 5.41) is 9.07. The van der Waals surface area contributed by atoms with Crippen molar-refractivity contribution in [3.63, 3.8) is 0 Å². The molecule has 1 fully saturated rings. The summed E-state index contributed by atoms with van der Waals surface area (Å²) in [7, 11) is -3.68. The highest BCUT2D eigenvalue weighted by Crippen LogP contribution is 2.22. The van der Waals surface area contributed by atoms with Gasteiger partial charge < -0.3 is 9.47 Å². The van der Waals surface area contributed by atoms with E-state index in [1.807, 2.05) is 19.9 Å². The van der Waals surface area contributed by atoms with Gasteiger partial charge in [0.2, 0.25) is 10.0 Å². The van der Waals surface area contributed by atoms with Gasteiger partial charge in [-0.15, -0.1) is 0 Å². The van der Waals surface area contributed by atoms with E-state index >= 15 is 0 Å². The lowest BCUT2D eigenvalue weighted by Crippen LogP contribution is -2.48. The van der Waals surface area contributed by atoms with Crippen LogP contribution in [0.15, 0.2) is 53.4 Å². The lowest BCUT2D eigenvalue weighted by Gasteiger charge is -2.34. The summed E-state index contributed by atoms with van der Waals surface area (Å²) < 4.78 is 37.9. The molecule has 1 aliphatic heterocycles. The van der Waals surface area contributed by atoms with Crippen molar-refractivity contribution in [1.29, 1.82) is 5.26 Å². The number of para-hydroxylation sites is 1. The Hall–Kier alpha value is -2.73. The SMILES string of the molecule is C[C@H]1CN(S(=O)(=O)c2ccc(C(=O)Oc3ccccc3C#N)cc2)C[C@H](C)O1. The molecule has 0 spiro atoms. The number of esters is 1. The maximum atomic E-state index is 12.9. The zero-order valence-electron chi connectivity index (χ0n) is 15.5. The van der Waals surface area contributed by atoms with Crippen molar-refractivity contribution in [2.75, 3.05) is 13.1 Å². The molecule has 0 saturated carbocycles. The number of benzene rings is 2. The van der Waals surface area contributed by atoms with Gasteiger partial charge in [0.05, 0.1) is 28.2 Å². The molecule has 146 valence electrons. The fourth-order valence-corrected chi connectivity index (χ4v) is 4.64. The minimum Gasteiger partial charge on any atom is -0.422 e. The van der Waals surface area contributed by atoms with Crippen LogP contribution in [0.25, 0.3) is 0 Å². The van der Waals surface area contributed by atoms with Gasteiger partial charge in [0.1, 0.15) is 11.8 Å². The quantitative estimate of drug-likeness (QED) is 0.578. The van der Waals surface area contributed by atoms with E-state index in [1.165, 1.54) is 34.6 Å². The summed E-state index contributed by atoms with van der Waals surface area (Å²) in [6.07, 6.45) is -0.374. The topological polar surface area (TPSA) is 96.7 Å². The Morgan fingerprint density at radius 3 is 2.32 bits per heavy atom. The third kappa shape index (κ3) is 4.22. The zero-order valence-corrected chi connectivity index (χ0v) is 16.3. The van der Waals surface area contributed by atoms with Crippen molar-refractivity contribution in [2.45, 2.75) is 31.0 Å². The lowest BCUT2D eigenvalue weighted by atomic mass is 10.2. The molecule has 28 heavy (non-hydrogen) atoms. The van der Waals surface area contributed by atoms with Crippen LogP contribution in [0.3, 0.4) is 0 Å². The van der Waals surface area contributed by atoms with E-state index in [4.69, 9.17) is 14.7 Å². The van der Waals surface area contributed by atoms with Crippen LogP contribution in [0.1, 0.15) is 29.8 Å². The Morgan fingerprint density at radius 1 is 1.11 bits per heavy atom. The number of hydrogen-bond donors (Lipinski definition) is 0. The Labute approximate surface area is 164 Å². The molecule has 1 saturated heterocycles. The van der Waals surface area contributed by atoms with E-state index in [2.05, 4.69) is 0 Å². The van der Waals surface area contributed by atoms with Crippen LogP contribution >= 0.6 is 0 Å². The predicted molar refractivity (Wildman–Crippen MR) is 101 cm³/mol. The Bertz CT molecular complexity index is 1000. The summed E-state index contributed by atoms with van der Waals surface area (Å²) >= 11 is 0. The van der Waals surface area contributed by atoms with Crippen LogP contribution in [0, 0.1) is 11.3 Å². The van der Waals surface area contributed by atoms with E-state index in [9.17, 15) is 13.2 Å². The molecule has 0 N–H and O–H groups in total. The molecular formula is C20H20N2O5S. The Balaban J connectivity index is 1.77. The van der Waals surface area contributed by atoms with Gasteiger partial charge >= 0.3 is 5.97 Å². The number of sulfonamides is 1. The highest BCUT2D eigenvalue weighted by atomic mass is 32.2. The first-order valence-corrected chi connectivity index (χ1v) is 10.2. The summed E-state index contributed by atoms with van der Waals surface area (Å²) in [6, 6.07) is 13.9. The molecular weight excluding hydrogens is 380 g/mol. The predicted octanol–water partition coefficient (Wildman–Crippen LogP) is 2.58. The summed E-state index contributed by atoms with van der Waals surface area (Å²) in [5.74, 6) is -0.511. The second kappa shape index (κ2) is 8.10. The minimum atomic E-state index is -3.68. The molecule has 0 amide bonds. The molecule has 2 aromatic rings. The number of carbonyl (C=O) groups excluding carboxylic acids is 1. The molecule has 1 heterocycles. The monoisotopic (exact) mass is 400 g/mol. The van der Waals surface area contributed by atoms with Gasteiger partial charge in [0.15, 0.2) is 0 Å². The average Bonchev–Trinajstić information content (AvgIpc) is 2.67. The average molecular weight is 400 g/mol. The maximum absolute atomic E-state index is 12.9. The van der Waals surface area contributed by atoms with Crippen molar-refractivity contribution in [2.24, 2.45) is 0 Å². The van der Waals surface area contributed by atoms with E-state index in [0.717, 1.165) is 0 Å². The standard InChI is InChI=1S/C20H20N2O5S/c1-14-12-22(13-15(2)26-14)28(24,25)18-9-7-16(8-10-18)20(23)27-19-6-4-3-5-17(19)11-21/h3-10,14-15H,12-13H2,1-2H3/t14-,15-/m0/s1. The van der Waals surface area contributed by atoms with Crippen molar-refractivity contribution < 1.29 is 22.7 Å². The number of nitrogens with zero attached hydrogens (tertiary/aromatic N) is 2. The van der Waals surface area contributed by atoms with Gasteiger partial charge in [-0.25, -0.2) is 13.2 Å². The number of hydrogen-bond acceptors (Lipinski definition) is 6. The van der Waals surface area contributed by atoms with Crippen molar-refractivity contribution in [1.82, 2.24) is 4.31 Å². The van der Waals surface area contributed by atoms with Gasteiger partial charge in [0.25, 0.3) is 0 Å². The van der Waals surface area contributed by atoms with Gasteiger partial charge in [-0.1, -0.05) is 12.1 Å².